The van der Waals surface area contributed by atoms with E-state index in [-0.39, 0.29) is 34.2 Å². The number of ether oxygens (including phenoxy) is 1. The SMILES string of the molecule is CC.CC(=O)c1cc(C(C)=O)c(O)cc1O.CCc1ccc(OCCN(C)CC)cc1CC.CCc1ccco1. The molecule has 0 fully saturated rings. The van der Waals surface area contributed by atoms with Crippen molar-refractivity contribution in [3.8, 4) is 17.2 Å². The Kier molecular flexibility index (Phi) is 18.5. The molecular formula is C33H49NO6. The number of phenolic OH excluding ortho intramolecular Hbond substituents is 2. The summed E-state index contributed by atoms with van der Waals surface area (Å²) in [6.45, 7) is 18.0. The Morgan fingerprint density at radius 2 is 1.40 bits per heavy atom. The third-order valence-corrected chi connectivity index (χ3v) is 6.02. The van der Waals surface area contributed by atoms with E-state index in [0.717, 1.165) is 56.5 Å². The van der Waals surface area contributed by atoms with Crippen LogP contribution in [0.4, 0.5) is 0 Å². The van der Waals surface area contributed by atoms with E-state index < -0.39 is 0 Å². The molecule has 7 nitrogen and oxygen atoms in total. The number of likely N-dealkylation sites (N-methyl/N-ethyl adjacent to an activating group) is 1. The molecule has 0 aliphatic carbocycles. The molecule has 0 unspecified atom stereocenters. The molecule has 1 heterocycles. The number of furan rings is 1. The smallest absolute Gasteiger partial charge is 0.163 e. The highest BCUT2D eigenvalue weighted by molar-refractivity contribution is 6.03. The Morgan fingerprint density at radius 1 is 0.825 bits per heavy atom. The first-order valence-corrected chi connectivity index (χ1v) is 14.1. The van der Waals surface area contributed by atoms with Crippen molar-refractivity contribution in [3.05, 3.63) is 76.7 Å². The van der Waals surface area contributed by atoms with Crippen molar-refractivity contribution < 1.29 is 29.0 Å². The number of aromatic hydroxyl groups is 2. The van der Waals surface area contributed by atoms with Crippen LogP contribution in [0.2, 0.25) is 0 Å². The molecule has 3 rings (SSSR count). The lowest BCUT2D eigenvalue weighted by molar-refractivity contribution is 0.101. The Balaban J connectivity index is 0.000000591. The van der Waals surface area contributed by atoms with E-state index in [9.17, 15) is 19.8 Å². The summed E-state index contributed by atoms with van der Waals surface area (Å²) in [5, 5.41) is 18.6. The first-order valence-electron chi connectivity index (χ1n) is 14.1. The molecule has 0 bridgehead atoms. The van der Waals surface area contributed by atoms with Gasteiger partial charge in [-0.3, -0.25) is 9.59 Å². The molecule has 40 heavy (non-hydrogen) atoms. The predicted molar refractivity (Wildman–Crippen MR) is 163 cm³/mol. The summed E-state index contributed by atoms with van der Waals surface area (Å²) < 4.78 is 10.8. The molecule has 2 N–H and O–H groups in total. The molecule has 0 saturated carbocycles. The van der Waals surface area contributed by atoms with E-state index in [1.165, 1.54) is 31.0 Å². The van der Waals surface area contributed by atoms with Crippen LogP contribution in [-0.2, 0) is 19.3 Å². The number of hydrogen-bond donors (Lipinski definition) is 2. The number of aryl methyl sites for hydroxylation is 3. The van der Waals surface area contributed by atoms with Crippen LogP contribution in [0.25, 0.3) is 0 Å². The minimum absolute atomic E-state index is 0.0352. The van der Waals surface area contributed by atoms with Crippen molar-refractivity contribution in [2.45, 2.75) is 74.7 Å². The lowest BCUT2D eigenvalue weighted by Gasteiger charge is -2.15. The van der Waals surface area contributed by atoms with E-state index in [4.69, 9.17) is 9.15 Å². The highest BCUT2D eigenvalue weighted by Gasteiger charge is 2.14. The molecule has 0 amide bonds. The molecule has 0 aliphatic heterocycles. The molecule has 3 aromatic rings. The van der Waals surface area contributed by atoms with Gasteiger partial charge in [-0.15, -0.1) is 0 Å². The molecule has 1 aromatic heterocycles. The normalized spacial score (nSPS) is 9.85. The van der Waals surface area contributed by atoms with Crippen molar-refractivity contribution in [3.63, 3.8) is 0 Å². The predicted octanol–water partition coefficient (Wildman–Crippen LogP) is 7.51. The third-order valence-electron chi connectivity index (χ3n) is 6.02. The first kappa shape index (κ1) is 36.4. The summed E-state index contributed by atoms with van der Waals surface area (Å²) >= 11 is 0. The zero-order valence-corrected chi connectivity index (χ0v) is 25.8. The number of nitrogens with zero attached hydrogens (tertiary/aromatic N) is 1. The van der Waals surface area contributed by atoms with Gasteiger partial charge in [0.15, 0.2) is 11.6 Å². The summed E-state index contributed by atoms with van der Waals surface area (Å²) in [4.78, 5) is 24.2. The Morgan fingerprint density at radius 3 is 1.80 bits per heavy atom. The third kappa shape index (κ3) is 13.0. The first-order chi connectivity index (χ1) is 19.1. The molecule has 0 spiro atoms. The summed E-state index contributed by atoms with van der Waals surface area (Å²) in [7, 11) is 2.11. The Labute approximate surface area is 240 Å². The minimum Gasteiger partial charge on any atom is -0.507 e. The number of rotatable bonds is 10. The quantitative estimate of drug-likeness (QED) is 0.250. The van der Waals surface area contributed by atoms with Gasteiger partial charge in [-0.2, -0.15) is 0 Å². The van der Waals surface area contributed by atoms with E-state index in [1.807, 2.05) is 26.0 Å². The number of phenols is 2. The van der Waals surface area contributed by atoms with Crippen LogP contribution >= 0.6 is 0 Å². The van der Waals surface area contributed by atoms with Crippen LogP contribution in [0.5, 0.6) is 17.2 Å². The number of carbonyl (C=O) groups excluding carboxylic acids is 2. The van der Waals surface area contributed by atoms with Crippen molar-refractivity contribution in [1.82, 2.24) is 4.90 Å². The molecule has 7 heteroatoms. The molecule has 2 aromatic carbocycles. The fraction of sp³-hybridized carbons (Fsp3) is 0.455. The van der Waals surface area contributed by atoms with Crippen molar-refractivity contribution in [1.29, 1.82) is 0 Å². The van der Waals surface area contributed by atoms with Gasteiger partial charge in [-0.1, -0.05) is 47.6 Å². The maximum Gasteiger partial charge on any atom is 0.163 e. The lowest BCUT2D eigenvalue weighted by atomic mass is 10.0. The van der Waals surface area contributed by atoms with Gasteiger partial charge in [-0.25, -0.2) is 0 Å². The van der Waals surface area contributed by atoms with Crippen LogP contribution in [-0.4, -0.2) is 53.4 Å². The van der Waals surface area contributed by atoms with Crippen LogP contribution in [0.3, 0.4) is 0 Å². The fourth-order valence-corrected chi connectivity index (χ4v) is 3.50. The van der Waals surface area contributed by atoms with E-state index in [1.54, 1.807) is 6.26 Å². The van der Waals surface area contributed by atoms with E-state index >= 15 is 0 Å². The summed E-state index contributed by atoms with van der Waals surface area (Å²) in [6, 6.07) is 12.5. The highest BCUT2D eigenvalue weighted by atomic mass is 16.5. The van der Waals surface area contributed by atoms with Crippen LogP contribution < -0.4 is 4.74 Å². The summed E-state index contributed by atoms with van der Waals surface area (Å²) in [6.07, 6.45) is 4.86. The van der Waals surface area contributed by atoms with Gasteiger partial charge < -0.3 is 24.3 Å². The van der Waals surface area contributed by atoms with Gasteiger partial charge in [0.2, 0.25) is 0 Å². The van der Waals surface area contributed by atoms with Crippen LogP contribution in [0.1, 0.15) is 93.0 Å². The minimum atomic E-state index is -0.356. The topological polar surface area (TPSA) is 100 Å². The Bertz CT molecular complexity index is 1100. The molecular weight excluding hydrogens is 506 g/mol. The molecule has 222 valence electrons. The maximum atomic E-state index is 11.0. The second-order valence-electron chi connectivity index (χ2n) is 8.81. The molecule has 0 aliphatic rings. The monoisotopic (exact) mass is 555 g/mol. The number of Topliss-reactive ketones (excluding diaryl/α,β-unsaturated/α-hetero) is 2. The van der Waals surface area contributed by atoms with Crippen LogP contribution in [0, 0.1) is 0 Å². The van der Waals surface area contributed by atoms with E-state index in [0.29, 0.717) is 0 Å². The average Bonchev–Trinajstić information content (AvgIpc) is 3.48. The maximum absolute atomic E-state index is 11.0. The van der Waals surface area contributed by atoms with Gasteiger partial charge in [0.1, 0.15) is 29.6 Å². The fourth-order valence-electron chi connectivity index (χ4n) is 3.50. The number of carbonyl (C=O) groups is 2. The highest BCUT2D eigenvalue weighted by Crippen LogP contribution is 2.28. The van der Waals surface area contributed by atoms with Gasteiger partial charge in [0, 0.05) is 19.0 Å². The number of ketones is 2. The number of benzene rings is 2. The van der Waals surface area contributed by atoms with Crippen LogP contribution in [0.15, 0.2) is 53.1 Å². The number of hydrogen-bond acceptors (Lipinski definition) is 7. The lowest BCUT2D eigenvalue weighted by Crippen LogP contribution is -2.23. The zero-order valence-electron chi connectivity index (χ0n) is 25.8. The van der Waals surface area contributed by atoms with Crippen molar-refractivity contribution >= 4 is 11.6 Å². The van der Waals surface area contributed by atoms with Crippen molar-refractivity contribution in [2.75, 3.05) is 26.7 Å². The second-order valence-corrected chi connectivity index (χ2v) is 8.81. The zero-order chi connectivity index (χ0) is 30.7. The van der Waals surface area contributed by atoms with Gasteiger partial charge in [-0.05, 0) is 81.7 Å². The van der Waals surface area contributed by atoms with Gasteiger partial charge >= 0.3 is 0 Å². The molecule has 0 radical (unpaired) electrons. The van der Waals surface area contributed by atoms with Crippen molar-refractivity contribution in [2.24, 2.45) is 0 Å². The molecule has 0 saturated heterocycles. The average molecular weight is 556 g/mol. The van der Waals surface area contributed by atoms with Gasteiger partial charge in [0.05, 0.1) is 17.4 Å². The van der Waals surface area contributed by atoms with E-state index in [2.05, 4.69) is 57.8 Å². The largest absolute Gasteiger partial charge is 0.507 e. The molecule has 0 atom stereocenters. The second kappa shape index (κ2) is 20.3. The standard InChI is InChI=1S/C15H25NO.C10H10O4.C6H8O.C2H6/c1-5-13-8-9-15(12-14(13)6-2)17-11-10-16(4)7-3;1-5(11)7-3-8(6(2)12)10(14)4-9(7)13;1-2-6-4-3-5-7-6;1-2/h8-9,12H,5-7,10-11H2,1-4H3;3-4,13-14H,1-2H3;3-5H,2H2,1H3;1-2H3. The Hall–Kier alpha value is -3.58. The summed E-state index contributed by atoms with van der Waals surface area (Å²) in [5.41, 5.74) is 2.92. The summed E-state index contributed by atoms with van der Waals surface area (Å²) in [5.74, 6) is 0.707. The van der Waals surface area contributed by atoms with Gasteiger partial charge in [0.25, 0.3) is 0 Å².